The van der Waals surface area contributed by atoms with Crippen molar-refractivity contribution in [3.63, 3.8) is 0 Å². The second-order valence-corrected chi connectivity index (χ2v) is 3.82. The van der Waals surface area contributed by atoms with Crippen LogP contribution in [0.3, 0.4) is 0 Å². The lowest BCUT2D eigenvalue weighted by atomic mass is 10.3. The van der Waals surface area contributed by atoms with Crippen molar-refractivity contribution in [3.05, 3.63) is 28.7 Å². The molecule has 0 aliphatic rings. The number of amides is 1. The summed E-state index contributed by atoms with van der Waals surface area (Å²) in [6, 6.07) is 7.52. The molecule has 4 heteroatoms. The lowest BCUT2D eigenvalue weighted by Crippen LogP contribution is -2.18. The van der Waals surface area contributed by atoms with Crippen LogP contribution in [-0.4, -0.2) is 19.5 Å². The van der Waals surface area contributed by atoms with Crippen LogP contribution in [0.15, 0.2) is 28.7 Å². The number of rotatable bonds is 4. The van der Waals surface area contributed by atoms with Gasteiger partial charge in [0.05, 0.1) is 0 Å². The third-order valence-electron chi connectivity index (χ3n) is 1.73. The standard InChI is InChI=1S/C10H13BrN2O/c1-12-7-6-10(14)13-9-4-2-8(11)3-5-9/h2-5,12H,6-7H2,1H3,(H,13,14). The Balaban J connectivity index is 2.44. The summed E-state index contributed by atoms with van der Waals surface area (Å²) in [6.45, 7) is 0.697. The van der Waals surface area contributed by atoms with Crippen LogP contribution in [0.2, 0.25) is 0 Å². The molecule has 76 valence electrons. The smallest absolute Gasteiger partial charge is 0.225 e. The average molecular weight is 257 g/mol. The Morgan fingerprint density at radius 2 is 2.00 bits per heavy atom. The van der Waals surface area contributed by atoms with Crippen molar-refractivity contribution >= 4 is 27.5 Å². The number of hydrogen-bond acceptors (Lipinski definition) is 2. The van der Waals surface area contributed by atoms with E-state index in [1.165, 1.54) is 0 Å². The van der Waals surface area contributed by atoms with Crippen molar-refractivity contribution in [2.24, 2.45) is 0 Å². The van der Waals surface area contributed by atoms with Gasteiger partial charge < -0.3 is 10.6 Å². The second-order valence-electron chi connectivity index (χ2n) is 2.91. The first kappa shape index (κ1) is 11.2. The van der Waals surface area contributed by atoms with Crippen LogP contribution >= 0.6 is 15.9 Å². The quantitative estimate of drug-likeness (QED) is 0.866. The monoisotopic (exact) mass is 256 g/mol. The van der Waals surface area contributed by atoms with Gasteiger partial charge in [0.25, 0.3) is 0 Å². The second kappa shape index (κ2) is 5.78. The van der Waals surface area contributed by atoms with Gasteiger partial charge >= 0.3 is 0 Å². The molecule has 0 unspecified atom stereocenters. The number of halogens is 1. The minimum Gasteiger partial charge on any atom is -0.326 e. The van der Waals surface area contributed by atoms with E-state index in [9.17, 15) is 4.79 Å². The highest BCUT2D eigenvalue weighted by atomic mass is 79.9. The van der Waals surface area contributed by atoms with E-state index >= 15 is 0 Å². The Morgan fingerprint density at radius 1 is 1.36 bits per heavy atom. The molecule has 0 saturated carbocycles. The third-order valence-corrected chi connectivity index (χ3v) is 2.26. The molecule has 0 aromatic heterocycles. The molecule has 1 amide bonds. The molecular weight excluding hydrogens is 244 g/mol. The zero-order valence-electron chi connectivity index (χ0n) is 8.01. The van der Waals surface area contributed by atoms with Gasteiger partial charge in [-0.2, -0.15) is 0 Å². The minimum absolute atomic E-state index is 0.0293. The number of carbonyl (C=O) groups is 1. The van der Waals surface area contributed by atoms with Crippen LogP contribution in [0.4, 0.5) is 5.69 Å². The van der Waals surface area contributed by atoms with Crippen molar-refractivity contribution < 1.29 is 4.79 Å². The van der Waals surface area contributed by atoms with Crippen LogP contribution < -0.4 is 10.6 Å². The van der Waals surface area contributed by atoms with Crippen LogP contribution in [0.1, 0.15) is 6.42 Å². The van der Waals surface area contributed by atoms with E-state index in [4.69, 9.17) is 0 Å². The molecule has 3 nitrogen and oxygen atoms in total. The molecule has 0 atom stereocenters. The molecule has 2 N–H and O–H groups in total. The molecule has 0 radical (unpaired) electrons. The summed E-state index contributed by atoms with van der Waals surface area (Å²) in [5, 5.41) is 5.73. The summed E-state index contributed by atoms with van der Waals surface area (Å²) in [4.78, 5) is 11.3. The van der Waals surface area contributed by atoms with E-state index in [0.717, 1.165) is 10.2 Å². The number of carbonyl (C=O) groups excluding carboxylic acids is 1. The number of anilines is 1. The Morgan fingerprint density at radius 3 is 2.57 bits per heavy atom. The molecule has 0 heterocycles. The van der Waals surface area contributed by atoms with Crippen LogP contribution in [0.5, 0.6) is 0 Å². The van der Waals surface area contributed by atoms with Gasteiger partial charge in [0.1, 0.15) is 0 Å². The highest BCUT2D eigenvalue weighted by Crippen LogP contribution is 2.13. The fourth-order valence-electron chi connectivity index (χ4n) is 0.995. The van der Waals surface area contributed by atoms with Gasteiger partial charge in [-0.25, -0.2) is 0 Å². The molecule has 1 aromatic rings. The first-order valence-electron chi connectivity index (χ1n) is 4.42. The van der Waals surface area contributed by atoms with Crippen molar-refractivity contribution in [2.45, 2.75) is 6.42 Å². The lowest BCUT2D eigenvalue weighted by molar-refractivity contribution is -0.116. The van der Waals surface area contributed by atoms with Crippen molar-refractivity contribution in [2.75, 3.05) is 18.9 Å². The minimum atomic E-state index is 0.0293. The fraction of sp³-hybridized carbons (Fsp3) is 0.300. The zero-order chi connectivity index (χ0) is 10.4. The van der Waals surface area contributed by atoms with Crippen molar-refractivity contribution in [1.29, 1.82) is 0 Å². The first-order valence-corrected chi connectivity index (χ1v) is 5.21. The highest BCUT2D eigenvalue weighted by Gasteiger charge is 2.00. The first-order chi connectivity index (χ1) is 6.72. The number of benzene rings is 1. The van der Waals surface area contributed by atoms with E-state index in [1.54, 1.807) is 0 Å². The number of nitrogens with one attached hydrogen (secondary N) is 2. The van der Waals surface area contributed by atoms with Crippen LogP contribution in [0.25, 0.3) is 0 Å². The largest absolute Gasteiger partial charge is 0.326 e. The van der Waals surface area contributed by atoms with Gasteiger partial charge in [0, 0.05) is 23.1 Å². The Bertz CT molecular complexity index is 297. The SMILES string of the molecule is CNCCC(=O)Nc1ccc(Br)cc1. The van der Waals surface area contributed by atoms with Gasteiger partial charge in [0.15, 0.2) is 0 Å². The summed E-state index contributed by atoms with van der Waals surface area (Å²) in [5.41, 5.74) is 0.828. The maximum atomic E-state index is 11.3. The molecular formula is C10H13BrN2O. The predicted molar refractivity (Wildman–Crippen MR) is 61.3 cm³/mol. The van der Waals surface area contributed by atoms with Crippen LogP contribution in [0, 0.1) is 0 Å². The summed E-state index contributed by atoms with van der Waals surface area (Å²) in [5.74, 6) is 0.0293. The summed E-state index contributed by atoms with van der Waals surface area (Å²) in [6.07, 6.45) is 0.493. The predicted octanol–water partition coefficient (Wildman–Crippen LogP) is 2.00. The van der Waals surface area contributed by atoms with Crippen molar-refractivity contribution in [3.8, 4) is 0 Å². The molecule has 14 heavy (non-hydrogen) atoms. The van der Waals surface area contributed by atoms with E-state index in [1.807, 2.05) is 31.3 Å². The molecule has 0 bridgehead atoms. The Labute approximate surface area is 92.0 Å². The normalized spacial score (nSPS) is 9.86. The van der Waals surface area contributed by atoms with Gasteiger partial charge in [0.2, 0.25) is 5.91 Å². The van der Waals surface area contributed by atoms with Gasteiger partial charge in [-0.1, -0.05) is 15.9 Å². The summed E-state index contributed by atoms with van der Waals surface area (Å²) in [7, 11) is 1.83. The highest BCUT2D eigenvalue weighted by molar-refractivity contribution is 9.10. The third kappa shape index (κ3) is 3.89. The summed E-state index contributed by atoms with van der Waals surface area (Å²) < 4.78 is 1.01. The van der Waals surface area contributed by atoms with Crippen LogP contribution in [-0.2, 0) is 4.79 Å². The zero-order valence-corrected chi connectivity index (χ0v) is 9.60. The maximum Gasteiger partial charge on any atom is 0.225 e. The fourth-order valence-corrected chi connectivity index (χ4v) is 1.26. The maximum absolute atomic E-state index is 11.3. The molecule has 1 rings (SSSR count). The lowest BCUT2D eigenvalue weighted by Gasteiger charge is -2.04. The van der Waals surface area contributed by atoms with Crippen molar-refractivity contribution in [1.82, 2.24) is 5.32 Å². The molecule has 1 aromatic carbocycles. The average Bonchev–Trinajstić information content (AvgIpc) is 2.18. The van der Waals surface area contributed by atoms with Gasteiger partial charge in [-0.15, -0.1) is 0 Å². The Hall–Kier alpha value is -0.870. The van der Waals surface area contributed by atoms with Gasteiger partial charge in [-0.3, -0.25) is 4.79 Å². The molecule has 0 aliphatic heterocycles. The van der Waals surface area contributed by atoms with Gasteiger partial charge in [-0.05, 0) is 31.3 Å². The molecule has 0 aliphatic carbocycles. The number of hydrogen-bond donors (Lipinski definition) is 2. The Kier molecular flexibility index (Phi) is 4.62. The van der Waals surface area contributed by atoms with E-state index in [0.29, 0.717) is 13.0 Å². The molecule has 0 fully saturated rings. The van der Waals surface area contributed by atoms with E-state index in [-0.39, 0.29) is 5.91 Å². The summed E-state index contributed by atoms with van der Waals surface area (Å²) >= 11 is 3.33. The molecule has 0 saturated heterocycles. The van der Waals surface area contributed by atoms with E-state index < -0.39 is 0 Å². The topological polar surface area (TPSA) is 41.1 Å². The molecule has 0 spiro atoms. The van der Waals surface area contributed by atoms with E-state index in [2.05, 4.69) is 26.6 Å².